The number of hydrogen-bond acceptors (Lipinski definition) is 5. The van der Waals surface area contributed by atoms with Crippen LogP contribution in [0.1, 0.15) is 32.9 Å². The molecule has 1 N–H and O–H groups in total. The molecule has 0 fully saturated rings. The third-order valence-electron chi connectivity index (χ3n) is 3.50. The fourth-order valence-corrected chi connectivity index (χ4v) is 2.52. The molecule has 0 saturated carbocycles. The first-order chi connectivity index (χ1) is 8.68. The first-order valence-corrected chi connectivity index (χ1v) is 8.35. The third-order valence-corrected chi connectivity index (χ3v) is 5.69. The maximum atomic E-state index is 12.0. The lowest BCUT2D eigenvalue weighted by Gasteiger charge is -2.33. The lowest BCUT2D eigenvalue weighted by Crippen LogP contribution is -2.52. The quantitative estimate of drug-likeness (QED) is 0.793. The van der Waals surface area contributed by atoms with Crippen LogP contribution in [0, 0.1) is 0 Å². The predicted octanol–water partition coefficient (Wildman–Crippen LogP) is 0.549. The molecular weight excluding hydrogens is 264 g/mol. The molecule has 0 aliphatic rings. The molecule has 1 atom stereocenters. The van der Waals surface area contributed by atoms with Gasteiger partial charge in [0.1, 0.15) is 0 Å². The number of rotatable bonds is 7. The molecule has 1 unspecified atom stereocenters. The highest BCUT2D eigenvalue weighted by Crippen LogP contribution is 2.22. The lowest BCUT2D eigenvalue weighted by atomic mass is 9.98. The summed E-state index contributed by atoms with van der Waals surface area (Å²) in [5.41, 5.74) is 0.799. The number of hydrogen-bond donors (Lipinski definition) is 1. The average molecular weight is 288 g/mol. The summed E-state index contributed by atoms with van der Waals surface area (Å²) in [5, 5.41) is 11.2. The van der Waals surface area contributed by atoms with Crippen LogP contribution in [0.5, 0.6) is 0 Å². The Bertz CT molecular complexity index is 508. The fraction of sp³-hybridized carbons (Fsp3) is 0.833. The molecule has 1 heterocycles. The third kappa shape index (κ3) is 4.01. The van der Waals surface area contributed by atoms with E-state index in [2.05, 4.69) is 22.6 Å². The Morgan fingerprint density at radius 1 is 1.47 bits per heavy atom. The summed E-state index contributed by atoms with van der Waals surface area (Å²) in [6.45, 7) is 6.35. The van der Waals surface area contributed by atoms with Gasteiger partial charge < -0.3 is 5.32 Å². The second-order valence-corrected chi connectivity index (χ2v) is 8.07. The van der Waals surface area contributed by atoms with Gasteiger partial charge in [0.25, 0.3) is 0 Å². The van der Waals surface area contributed by atoms with E-state index in [0.717, 1.165) is 18.7 Å². The first kappa shape index (κ1) is 16.1. The number of aromatic nitrogens is 3. The molecule has 0 spiro atoms. The van der Waals surface area contributed by atoms with Crippen molar-refractivity contribution < 1.29 is 8.42 Å². The van der Waals surface area contributed by atoms with E-state index >= 15 is 0 Å². The van der Waals surface area contributed by atoms with Gasteiger partial charge in [0.2, 0.25) is 0 Å². The number of nitrogens with zero attached hydrogens (tertiary/aromatic N) is 3. The molecule has 0 saturated heterocycles. The molecular formula is C12H24N4O2S. The van der Waals surface area contributed by atoms with E-state index in [4.69, 9.17) is 0 Å². The average Bonchev–Trinajstić information content (AvgIpc) is 2.68. The number of aryl methyl sites for hydroxylation is 1. The topological polar surface area (TPSA) is 76.9 Å². The Morgan fingerprint density at radius 2 is 2.11 bits per heavy atom. The molecule has 0 radical (unpaired) electrons. The lowest BCUT2D eigenvalue weighted by molar-refractivity contribution is 0.403. The highest BCUT2D eigenvalue weighted by Gasteiger charge is 2.39. The van der Waals surface area contributed by atoms with Gasteiger partial charge in [0, 0.05) is 32.0 Å². The molecule has 0 bridgehead atoms. The van der Waals surface area contributed by atoms with Gasteiger partial charge in [-0.3, -0.25) is 4.68 Å². The molecule has 6 nitrogen and oxygen atoms in total. The van der Waals surface area contributed by atoms with Gasteiger partial charge in [-0.1, -0.05) is 12.1 Å². The Hall–Kier alpha value is -0.950. The van der Waals surface area contributed by atoms with Gasteiger partial charge in [0.15, 0.2) is 9.84 Å². The Labute approximate surface area is 115 Å². The minimum absolute atomic E-state index is 0.181. The molecule has 19 heavy (non-hydrogen) atoms. The summed E-state index contributed by atoms with van der Waals surface area (Å²) in [6, 6.07) is -0.181. The largest absolute Gasteiger partial charge is 0.312 e. The van der Waals surface area contributed by atoms with Crippen LogP contribution in [0.2, 0.25) is 0 Å². The van der Waals surface area contributed by atoms with Crippen molar-refractivity contribution in [3.05, 3.63) is 11.9 Å². The Morgan fingerprint density at radius 3 is 2.53 bits per heavy atom. The summed E-state index contributed by atoms with van der Waals surface area (Å²) in [7, 11) is -1.36. The van der Waals surface area contributed by atoms with E-state index in [9.17, 15) is 8.42 Å². The smallest absolute Gasteiger partial charge is 0.154 e. The van der Waals surface area contributed by atoms with Crippen molar-refractivity contribution >= 4 is 9.84 Å². The van der Waals surface area contributed by atoms with Crippen molar-refractivity contribution in [1.82, 2.24) is 20.3 Å². The fourth-order valence-electron chi connectivity index (χ4n) is 1.84. The van der Waals surface area contributed by atoms with Gasteiger partial charge in [-0.15, -0.1) is 5.10 Å². The van der Waals surface area contributed by atoms with Crippen molar-refractivity contribution in [3.8, 4) is 0 Å². The molecule has 0 aliphatic heterocycles. The molecule has 110 valence electrons. The normalized spacial score (nSPS) is 14.6. The zero-order valence-corrected chi connectivity index (χ0v) is 13.2. The van der Waals surface area contributed by atoms with E-state index < -0.39 is 14.6 Å². The minimum atomic E-state index is -3.16. The second-order valence-electron chi connectivity index (χ2n) is 5.47. The van der Waals surface area contributed by atoms with Crippen LogP contribution in [-0.2, 0) is 23.3 Å². The number of nitrogens with one attached hydrogen (secondary N) is 1. The number of sulfone groups is 1. The van der Waals surface area contributed by atoms with E-state index in [1.54, 1.807) is 25.6 Å². The first-order valence-electron chi connectivity index (χ1n) is 6.46. The van der Waals surface area contributed by atoms with Gasteiger partial charge in [-0.2, -0.15) is 0 Å². The van der Waals surface area contributed by atoms with Crippen molar-refractivity contribution in [2.24, 2.45) is 7.05 Å². The zero-order valence-electron chi connectivity index (χ0n) is 12.3. The van der Waals surface area contributed by atoms with Crippen LogP contribution in [0.15, 0.2) is 6.20 Å². The Kier molecular flexibility index (Phi) is 5.09. The molecule has 7 heteroatoms. The standard InChI is InChI=1S/C12H24N4O2S/c1-6-7-13-11(12(2,3)19(5,17)18)8-10-9-16(4)15-14-10/h9,11,13H,6-8H2,1-5H3. The van der Waals surface area contributed by atoms with Gasteiger partial charge in [0.05, 0.1) is 10.4 Å². The summed E-state index contributed by atoms with van der Waals surface area (Å²) < 4.78 is 24.7. The van der Waals surface area contributed by atoms with Gasteiger partial charge in [-0.05, 0) is 26.8 Å². The molecule has 1 aromatic rings. The van der Waals surface area contributed by atoms with Crippen LogP contribution < -0.4 is 5.32 Å². The van der Waals surface area contributed by atoms with Crippen LogP contribution >= 0.6 is 0 Å². The summed E-state index contributed by atoms with van der Waals surface area (Å²) in [4.78, 5) is 0. The second kappa shape index (κ2) is 6.00. The van der Waals surface area contributed by atoms with E-state index in [1.807, 2.05) is 6.20 Å². The highest BCUT2D eigenvalue weighted by molar-refractivity contribution is 7.92. The molecule has 1 aromatic heterocycles. The van der Waals surface area contributed by atoms with Crippen molar-refractivity contribution in [3.63, 3.8) is 0 Å². The van der Waals surface area contributed by atoms with Crippen LogP contribution in [0.4, 0.5) is 0 Å². The SMILES string of the molecule is CCCNC(Cc1cn(C)nn1)C(C)(C)S(C)(=O)=O. The van der Waals surface area contributed by atoms with Crippen molar-refractivity contribution in [2.45, 2.75) is 44.4 Å². The van der Waals surface area contributed by atoms with Crippen LogP contribution in [-0.4, -0.2) is 47.0 Å². The maximum absolute atomic E-state index is 12.0. The van der Waals surface area contributed by atoms with Gasteiger partial charge in [-0.25, -0.2) is 8.42 Å². The monoisotopic (exact) mass is 288 g/mol. The van der Waals surface area contributed by atoms with E-state index in [1.165, 1.54) is 6.26 Å². The highest BCUT2D eigenvalue weighted by atomic mass is 32.2. The van der Waals surface area contributed by atoms with Crippen molar-refractivity contribution in [2.75, 3.05) is 12.8 Å². The molecule has 0 amide bonds. The van der Waals surface area contributed by atoms with Gasteiger partial charge >= 0.3 is 0 Å². The van der Waals surface area contributed by atoms with Crippen LogP contribution in [0.25, 0.3) is 0 Å². The van der Waals surface area contributed by atoms with Crippen molar-refractivity contribution in [1.29, 1.82) is 0 Å². The molecule has 0 aromatic carbocycles. The molecule has 1 rings (SSSR count). The summed E-state index contributed by atoms with van der Waals surface area (Å²) >= 11 is 0. The van der Waals surface area contributed by atoms with E-state index in [0.29, 0.717) is 6.42 Å². The van der Waals surface area contributed by atoms with Crippen LogP contribution in [0.3, 0.4) is 0 Å². The molecule has 0 aliphatic carbocycles. The zero-order chi connectivity index (χ0) is 14.7. The summed E-state index contributed by atoms with van der Waals surface area (Å²) in [6.07, 6.45) is 4.61. The Balaban J connectivity index is 2.94. The minimum Gasteiger partial charge on any atom is -0.312 e. The van der Waals surface area contributed by atoms with E-state index in [-0.39, 0.29) is 6.04 Å². The summed E-state index contributed by atoms with van der Waals surface area (Å²) in [5.74, 6) is 0. The predicted molar refractivity (Wildman–Crippen MR) is 75.7 cm³/mol. The maximum Gasteiger partial charge on any atom is 0.154 e.